The minimum atomic E-state index is -0.545. The molecule has 0 saturated carbocycles. The van der Waals surface area contributed by atoms with E-state index in [9.17, 15) is 14.7 Å². The van der Waals surface area contributed by atoms with Crippen LogP contribution in [0.15, 0.2) is 96.2 Å². The maximum Gasteiger partial charge on any atom is 0.275 e. The van der Waals surface area contributed by atoms with Crippen LogP contribution in [-0.2, 0) is 4.79 Å². The van der Waals surface area contributed by atoms with Crippen LogP contribution in [0.4, 0.5) is 0 Å². The molecule has 34 heavy (non-hydrogen) atoms. The smallest absolute Gasteiger partial charge is 0.275 e. The molecule has 168 valence electrons. The normalized spacial score (nSPS) is 14.3. The topological polar surface area (TPSA) is 107 Å². The monoisotopic (exact) mass is 450 g/mol. The van der Waals surface area contributed by atoms with E-state index in [0.29, 0.717) is 27.5 Å². The number of aromatic nitrogens is 2. The van der Waals surface area contributed by atoms with Crippen LogP contribution in [0.5, 0.6) is 0 Å². The molecule has 5 rings (SSSR count). The molecular weight excluding hydrogens is 428 g/mol. The van der Waals surface area contributed by atoms with Crippen LogP contribution in [0.1, 0.15) is 39.3 Å². The highest BCUT2D eigenvalue weighted by molar-refractivity contribution is 6.18. The summed E-state index contributed by atoms with van der Waals surface area (Å²) in [6, 6.07) is 23.3. The number of H-pyrrole nitrogens is 1. The Hall–Kier alpha value is -4.36. The number of carbonyl (C=O) groups excluding carboxylic acids is 2. The van der Waals surface area contributed by atoms with Crippen molar-refractivity contribution < 1.29 is 14.7 Å². The Morgan fingerprint density at radius 1 is 0.971 bits per heavy atom. The molecule has 1 aromatic heterocycles. The van der Waals surface area contributed by atoms with Crippen LogP contribution in [0.25, 0.3) is 5.57 Å². The number of amides is 2. The van der Waals surface area contributed by atoms with Gasteiger partial charge in [-0.1, -0.05) is 60.7 Å². The van der Waals surface area contributed by atoms with Gasteiger partial charge < -0.3 is 15.4 Å². The summed E-state index contributed by atoms with van der Waals surface area (Å²) in [5, 5.41) is 13.8. The van der Waals surface area contributed by atoms with Crippen molar-refractivity contribution in [1.29, 1.82) is 0 Å². The van der Waals surface area contributed by atoms with Gasteiger partial charge in [-0.3, -0.25) is 9.59 Å². The van der Waals surface area contributed by atoms with E-state index >= 15 is 0 Å². The lowest BCUT2D eigenvalue weighted by atomic mass is 9.88. The highest BCUT2D eigenvalue weighted by Crippen LogP contribution is 2.31. The molecule has 0 bridgehead atoms. The third kappa shape index (κ3) is 4.04. The van der Waals surface area contributed by atoms with Gasteiger partial charge in [0.15, 0.2) is 0 Å². The first kappa shape index (κ1) is 21.5. The molecule has 1 unspecified atom stereocenters. The average Bonchev–Trinajstić information content (AvgIpc) is 3.52. The number of carbonyl (C=O) groups is 2. The van der Waals surface area contributed by atoms with Crippen molar-refractivity contribution in [2.75, 3.05) is 6.61 Å². The summed E-state index contributed by atoms with van der Waals surface area (Å²) in [5.41, 5.74) is 2.54. The molecule has 0 spiro atoms. The second kappa shape index (κ2) is 9.25. The van der Waals surface area contributed by atoms with Gasteiger partial charge in [-0.15, -0.1) is 0 Å². The Morgan fingerprint density at radius 2 is 1.68 bits per heavy atom. The zero-order valence-corrected chi connectivity index (χ0v) is 18.2. The first-order valence-corrected chi connectivity index (χ1v) is 10.9. The van der Waals surface area contributed by atoms with E-state index in [1.54, 1.807) is 30.6 Å². The molecule has 3 aromatic carbocycles. The van der Waals surface area contributed by atoms with Crippen LogP contribution in [0, 0.1) is 0 Å². The van der Waals surface area contributed by atoms with Gasteiger partial charge in [-0.25, -0.2) is 9.98 Å². The average molecular weight is 450 g/mol. The summed E-state index contributed by atoms with van der Waals surface area (Å²) in [7, 11) is 0. The van der Waals surface area contributed by atoms with Crippen molar-refractivity contribution in [3.05, 3.63) is 124 Å². The standard InChI is InChI=1S/C27H22N4O3/c32-16-22(17-7-3-1-4-8-17)31-26(33)19-11-12-21-20(15-19)24(27(34)30-21)23(25-28-13-14-29-25)18-9-5-2-6-10-18/h1-15,22-23,32H,16H2,(H,28,29)(H,31,33)/t22-,23?/m1/s1. The molecule has 3 N–H and O–H groups in total. The predicted octanol–water partition coefficient (Wildman–Crippen LogP) is 2.02. The van der Waals surface area contributed by atoms with Crippen molar-refractivity contribution in [1.82, 2.24) is 15.3 Å². The van der Waals surface area contributed by atoms with Gasteiger partial charge in [0.05, 0.1) is 23.9 Å². The first-order chi connectivity index (χ1) is 16.7. The summed E-state index contributed by atoms with van der Waals surface area (Å²) in [6.07, 6.45) is 3.36. The molecule has 0 aliphatic carbocycles. The van der Waals surface area contributed by atoms with Crippen molar-refractivity contribution >= 4 is 17.4 Å². The van der Waals surface area contributed by atoms with E-state index in [1.165, 1.54) is 0 Å². The van der Waals surface area contributed by atoms with Gasteiger partial charge in [0, 0.05) is 28.7 Å². The van der Waals surface area contributed by atoms with Crippen molar-refractivity contribution in [3.8, 4) is 0 Å². The third-order valence-electron chi connectivity index (χ3n) is 5.91. The zero-order valence-electron chi connectivity index (χ0n) is 18.2. The van der Waals surface area contributed by atoms with Crippen LogP contribution in [0.3, 0.4) is 0 Å². The lowest BCUT2D eigenvalue weighted by molar-refractivity contribution is -0.112. The molecule has 1 aliphatic heterocycles. The Bertz CT molecular complexity index is 1450. The SMILES string of the molecule is O=C1N=c2ccc(C(=O)N[C@H](CO)c3ccccc3)cc2=C1C(c1ccccc1)c1ncc[nH]1. The van der Waals surface area contributed by atoms with E-state index in [-0.39, 0.29) is 18.4 Å². The number of rotatable bonds is 7. The van der Waals surface area contributed by atoms with Crippen LogP contribution < -0.4 is 15.9 Å². The van der Waals surface area contributed by atoms with Gasteiger partial charge >= 0.3 is 0 Å². The summed E-state index contributed by atoms with van der Waals surface area (Å²) in [5.74, 6) is -0.535. The van der Waals surface area contributed by atoms with Gasteiger partial charge in [0.2, 0.25) is 0 Å². The van der Waals surface area contributed by atoms with Gasteiger partial charge in [0.25, 0.3) is 11.8 Å². The summed E-state index contributed by atoms with van der Waals surface area (Å²) < 4.78 is 0. The number of hydrogen-bond acceptors (Lipinski definition) is 4. The fourth-order valence-corrected chi connectivity index (χ4v) is 4.26. The third-order valence-corrected chi connectivity index (χ3v) is 5.91. The molecule has 7 heteroatoms. The van der Waals surface area contributed by atoms with Crippen molar-refractivity contribution in [2.24, 2.45) is 4.99 Å². The molecule has 0 fully saturated rings. The summed E-state index contributed by atoms with van der Waals surface area (Å²) in [4.78, 5) is 37.9. The van der Waals surface area contributed by atoms with E-state index in [1.807, 2.05) is 60.7 Å². The number of benzene rings is 3. The van der Waals surface area contributed by atoms with Crippen molar-refractivity contribution in [3.63, 3.8) is 0 Å². The molecule has 7 nitrogen and oxygen atoms in total. The van der Waals surface area contributed by atoms with E-state index in [4.69, 9.17) is 0 Å². The molecule has 0 radical (unpaired) electrons. The number of hydrogen-bond donors (Lipinski definition) is 3. The molecule has 2 atom stereocenters. The minimum Gasteiger partial charge on any atom is -0.394 e. The summed E-state index contributed by atoms with van der Waals surface area (Å²) >= 11 is 0. The van der Waals surface area contributed by atoms with Gasteiger partial charge in [-0.05, 0) is 29.3 Å². The fraction of sp³-hybridized carbons (Fsp3) is 0.111. The van der Waals surface area contributed by atoms with Crippen LogP contribution in [-0.4, -0.2) is 33.5 Å². The second-order valence-electron chi connectivity index (χ2n) is 8.00. The molecule has 1 aliphatic rings. The number of aliphatic hydroxyl groups excluding tert-OH is 1. The number of nitrogens with one attached hydrogen (secondary N) is 2. The highest BCUT2D eigenvalue weighted by atomic mass is 16.3. The molecule has 2 amide bonds. The maximum absolute atomic E-state index is 13.1. The predicted molar refractivity (Wildman–Crippen MR) is 126 cm³/mol. The number of imidazole rings is 1. The Kier molecular flexibility index (Phi) is 5.84. The lowest BCUT2D eigenvalue weighted by Gasteiger charge is -2.17. The first-order valence-electron chi connectivity index (χ1n) is 10.9. The Morgan fingerprint density at radius 3 is 2.32 bits per heavy atom. The molecular formula is C27H22N4O3. The van der Waals surface area contributed by atoms with Gasteiger partial charge in [-0.2, -0.15) is 0 Å². The minimum absolute atomic E-state index is 0.236. The van der Waals surface area contributed by atoms with Crippen molar-refractivity contribution in [2.45, 2.75) is 12.0 Å². The number of aliphatic hydroxyl groups is 1. The van der Waals surface area contributed by atoms with E-state index in [0.717, 1.165) is 11.1 Å². The van der Waals surface area contributed by atoms with Crippen LogP contribution in [0.2, 0.25) is 0 Å². The molecule has 4 aromatic rings. The molecule has 2 heterocycles. The molecule has 0 saturated heterocycles. The summed E-state index contributed by atoms with van der Waals surface area (Å²) in [6.45, 7) is -0.236. The number of nitrogens with zero attached hydrogens (tertiary/aromatic N) is 2. The highest BCUT2D eigenvalue weighted by Gasteiger charge is 2.30. The Balaban J connectivity index is 1.58. The largest absolute Gasteiger partial charge is 0.394 e. The Labute approximate surface area is 195 Å². The van der Waals surface area contributed by atoms with Gasteiger partial charge in [0.1, 0.15) is 5.82 Å². The quantitative estimate of drug-likeness (QED) is 0.400. The second-order valence-corrected chi connectivity index (χ2v) is 8.00. The number of aromatic amines is 1. The zero-order chi connectivity index (χ0) is 23.5. The van der Waals surface area contributed by atoms with E-state index in [2.05, 4.69) is 20.3 Å². The van der Waals surface area contributed by atoms with E-state index < -0.39 is 12.0 Å². The lowest BCUT2D eigenvalue weighted by Crippen LogP contribution is -2.33. The maximum atomic E-state index is 13.1. The fourth-order valence-electron chi connectivity index (χ4n) is 4.26. The number of fused-ring (bicyclic) bond motifs is 1. The van der Waals surface area contributed by atoms with Crippen LogP contribution >= 0.6 is 0 Å².